The van der Waals surface area contributed by atoms with Crippen LogP contribution in [0.2, 0.25) is 0 Å². The van der Waals surface area contributed by atoms with Crippen molar-refractivity contribution in [2.24, 2.45) is 5.41 Å². The Balaban J connectivity index is 1.94. The lowest BCUT2D eigenvalue weighted by Gasteiger charge is -2.13. The molecule has 2 N–H and O–H groups in total. The van der Waals surface area contributed by atoms with E-state index in [0.29, 0.717) is 24.6 Å². The van der Waals surface area contributed by atoms with Crippen molar-refractivity contribution in [3.05, 3.63) is 12.1 Å². The van der Waals surface area contributed by atoms with Crippen LogP contribution < -0.4 is 10.5 Å². The van der Waals surface area contributed by atoms with Crippen molar-refractivity contribution in [3.8, 4) is 5.88 Å². The average Bonchev–Trinajstić information content (AvgIpc) is 3.20. The molecule has 1 aliphatic carbocycles. The summed E-state index contributed by atoms with van der Waals surface area (Å²) in [7, 11) is 1.43. The number of ether oxygens (including phenoxy) is 2. The van der Waals surface area contributed by atoms with E-state index in [1.54, 1.807) is 17.8 Å². The first-order valence-electron chi connectivity index (χ1n) is 6.67. The van der Waals surface area contributed by atoms with Crippen molar-refractivity contribution in [2.45, 2.75) is 31.2 Å². The summed E-state index contributed by atoms with van der Waals surface area (Å²) in [6, 6.07) is 3.69. The van der Waals surface area contributed by atoms with Crippen LogP contribution in [-0.4, -0.2) is 30.4 Å². The van der Waals surface area contributed by atoms with Gasteiger partial charge in [0.15, 0.2) is 0 Å². The number of nitrogen functional groups attached to an aromatic ring is 1. The number of carbonyl (C=O) groups excluding carboxylic acids is 1. The van der Waals surface area contributed by atoms with Gasteiger partial charge in [-0.1, -0.05) is 0 Å². The lowest BCUT2D eigenvalue weighted by molar-refractivity contribution is -0.141. The topological polar surface area (TPSA) is 74.4 Å². The molecule has 0 aliphatic heterocycles. The molecule has 0 unspecified atom stereocenters. The molecule has 0 spiro atoms. The third-order valence-electron chi connectivity index (χ3n) is 3.38. The monoisotopic (exact) mass is 296 g/mol. The minimum atomic E-state index is -0.136. The molecule has 1 aromatic rings. The standard InChI is InChI=1S/C14H20N2O3S/c1-3-19-13-10(15)4-5-11(16-13)20-9-14(6-7-14)8-12(17)18-2/h4-5H,3,6-9,15H2,1-2H3. The van der Waals surface area contributed by atoms with E-state index in [0.717, 1.165) is 23.6 Å². The number of anilines is 1. The summed E-state index contributed by atoms with van der Waals surface area (Å²) in [6.07, 6.45) is 2.63. The number of pyridine rings is 1. The maximum absolute atomic E-state index is 11.4. The maximum Gasteiger partial charge on any atom is 0.306 e. The number of thioether (sulfide) groups is 1. The van der Waals surface area contributed by atoms with Crippen LogP contribution >= 0.6 is 11.8 Å². The molecule has 6 heteroatoms. The number of hydrogen-bond donors (Lipinski definition) is 1. The highest BCUT2D eigenvalue weighted by Gasteiger charge is 2.44. The Kier molecular flexibility index (Phi) is 4.75. The smallest absolute Gasteiger partial charge is 0.306 e. The summed E-state index contributed by atoms with van der Waals surface area (Å²) in [5.74, 6) is 1.21. The molecule has 0 bridgehead atoms. The fraction of sp³-hybridized carbons (Fsp3) is 0.571. The highest BCUT2D eigenvalue weighted by atomic mass is 32.2. The maximum atomic E-state index is 11.4. The van der Waals surface area contributed by atoms with Crippen LogP contribution in [0.25, 0.3) is 0 Å². The van der Waals surface area contributed by atoms with Gasteiger partial charge in [0, 0.05) is 5.75 Å². The molecular weight excluding hydrogens is 276 g/mol. The molecule has 1 fully saturated rings. The Bertz CT molecular complexity index is 489. The Morgan fingerprint density at radius 1 is 1.50 bits per heavy atom. The van der Waals surface area contributed by atoms with Crippen molar-refractivity contribution in [3.63, 3.8) is 0 Å². The Hall–Kier alpha value is -1.43. The fourth-order valence-corrected chi connectivity index (χ4v) is 3.08. The number of nitrogens with zero attached hydrogens (tertiary/aromatic N) is 1. The predicted octanol–water partition coefficient (Wildman–Crippen LogP) is 2.50. The summed E-state index contributed by atoms with van der Waals surface area (Å²) >= 11 is 1.64. The van der Waals surface area contributed by atoms with Crippen molar-refractivity contribution >= 4 is 23.4 Å². The van der Waals surface area contributed by atoms with Gasteiger partial charge >= 0.3 is 5.97 Å². The van der Waals surface area contributed by atoms with E-state index in [-0.39, 0.29) is 11.4 Å². The molecular formula is C14H20N2O3S. The van der Waals surface area contributed by atoms with E-state index in [1.807, 2.05) is 13.0 Å². The molecule has 5 nitrogen and oxygen atoms in total. The molecule has 110 valence electrons. The van der Waals surface area contributed by atoms with E-state index in [4.69, 9.17) is 15.2 Å². The molecule has 0 radical (unpaired) electrons. The second-order valence-corrected chi connectivity index (χ2v) is 6.01. The van der Waals surface area contributed by atoms with Gasteiger partial charge in [-0.05, 0) is 37.3 Å². The van der Waals surface area contributed by atoms with Gasteiger partial charge in [0.05, 0.1) is 25.8 Å². The van der Waals surface area contributed by atoms with Gasteiger partial charge < -0.3 is 15.2 Å². The first-order chi connectivity index (χ1) is 9.58. The minimum absolute atomic E-state index is 0.0899. The molecule has 0 saturated heterocycles. The average molecular weight is 296 g/mol. The van der Waals surface area contributed by atoms with Gasteiger partial charge in [-0.15, -0.1) is 11.8 Å². The lowest BCUT2D eigenvalue weighted by Crippen LogP contribution is -2.13. The van der Waals surface area contributed by atoms with Crippen LogP contribution in [0.15, 0.2) is 17.2 Å². The largest absolute Gasteiger partial charge is 0.476 e. The highest BCUT2D eigenvalue weighted by molar-refractivity contribution is 7.99. The SMILES string of the molecule is CCOc1nc(SCC2(CC(=O)OC)CC2)ccc1N. The van der Waals surface area contributed by atoms with Crippen LogP contribution in [-0.2, 0) is 9.53 Å². The number of esters is 1. The van der Waals surface area contributed by atoms with Gasteiger partial charge in [0.2, 0.25) is 5.88 Å². The van der Waals surface area contributed by atoms with Gasteiger partial charge in [0.25, 0.3) is 0 Å². The molecule has 1 aromatic heterocycles. The molecule has 1 heterocycles. The third-order valence-corrected chi connectivity index (χ3v) is 4.66. The first-order valence-corrected chi connectivity index (χ1v) is 7.66. The Morgan fingerprint density at radius 3 is 2.85 bits per heavy atom. The van der Waals surface area contributed by atoms with Crippen LogP contribution in [0.4, 0.5) is 5.69 Å². The number of hydrogen-bond acceptors (Lipinski definition) is 6. The van der Waals surface area contributed by atoms with Crippen LogP contribution in [0.5, 0.6) is 5.88 Å². The normalized spacial score (nSPS) is 15.7. The Morgan fingerprint density at radius 2 is 2.25 bits per heavy atom. The lowest BCUT2D eigenvalue weighted by atomic mass is 10.1. The molecule has 0 aromatic carbocycles. The van der Waals surface area contributed by atoms with Crippen LogP contribution in [0.3, 0.4) is 0 Å². The van der Waals surface area contributed by atoms with Gasteiger partial charge in [-0.25, -0.2) is 4.98 Å². The zero-order valence-electron chi connectivity index (χ0n) is 11.8. The Labute approximate surface area is 123 Å². The quantitative estimate of drug-likeness (QED) is 0.615. The number of aromatic nitrogens is 1. The van der Waals surface area contributed by atoms with E-state index in [1.165, 1.54) is 7.11 Å². The van der Waals surface area contributed by atoms with Gasteiger partial charge in [-0.2, -0.15) is 0 Å². The van der Waals surface area contributed by atoms with Crippen LogP contribution in [0, 0.1) is 5.41 Å². The summed E-state index contributed by atoms with van der Waals surface area (Å²) in [6.45, 7) is 2.44. The number of rotatable bonds is 7. The van der Waals surface area contributed by atoms with E-state index < -0.39 is 0 Å². The number of nitrogens with two attached hydrogens (primary N) is 1. The number of methoxy groups -OCH3 is 1. The zero-order valence-corrected chi connectivity index (χ0v) is 12.7. The second kappa shape index (κ2) is 6.35. The van der Waals surface area contributed by atoms with E-state index in [2.05, 4.69) is 4.98 Å². The van der Waals surface area contributed by atoms with E-state index >= 15 is 0 Å². The molecule has 1 saturated carbocycles. The number of carbonyl (C=O) groups is 1. The minimum Gasteiger partial charge on any atom is -0.476 e. The van der Waals surface area contributed by atoms with Crippen LogP contribution in [0.1, 0.15) is 26.2 Å². The van der Waals surface area contributed by atoms with Crippen molar-refractivity contribution in [2.75, 3.05) is 25.2 Å². The van der Waals surface area contributed by atoms with Crippen molar-refractivity contribution in [1.82, 2.24) is 4.98 Å². The van der Waals surface area contributed by atoms with E-state index in [9.17, 15) is 4.79 Å². The summed E-state index contributed by atoms with van der Waals surface area (Å²) in [5.41, 5.74) is 6.43. The first kappa shape index (κ1) is 15.0. The molecule has 1 aliphatic rings. The highest BCUT2D eigenvalue weighted by Crippen LogP contribution is 2.52. The molecule has 0 atom stereocenters. The summed E-state index contributed by atoms with van der Waals surface area (Å²) < 4.78 is 10.1. The van der Waals surface area contributed by atoms with Crippen molar-refractivity contribution in [1.29, 1.82) is 0 Å². The van der Waals surface area contributed by atoms with Crippen molar-refractivity contribution < 1.29 is 14.3 Å². The van der Waals surface area contributed by atoms with Gasteiger partial charge in [0.1, 0.15) is 5.03 Å². The molecule has 20 heavy (non-hydrogen) atoms. The summed E-state index contributed by atoms with van der Waals surface area (Å²) in [5, 5.41) is 0.874. The molecule has 0 amide bonds. The molecule has 2 rings (SSSR count). The third kappa shape index (κ3) is 3.79. The predicted molar refractivity (Wildman–Crippen MR) is 78.8 cm³/mol. The van der Waals surface area contributed by atoms with Gasteiger partial charge in [-0.3, -0.25) is 4.79 Å². The fourth-order valence-electron chi connectivity index (χ4n) is 1.92. The zero-order chi connectivity index (χ0) is 14.6. The summed E-state index contributed by atoms with van der Waals surface area (Å²) in [4.78, 5) is 15.8. The second-order valence-electron chi connectivity index (χ2n) is 5.02.